The van der Waals surface area contributed by atoms with E-state index in [2.05, 4.69) is 10.3 Å². The predicted molar refractivity (Wildman–Crippen MR) is 70.3 cm³/mol. The topological polar surface area (TPSA) is 68.0 Å². The van der Waals surface area contributed by atoms with Gasteiger partial charge in [-0.1, -0.05) is 11.6 Å². The highest BCUT2D eigenvalue weighted by atomic mass is 35.5. The van der Waals surface area contributed by atoms with E-state index in [1.165, 1.54) is 29.5 Å². The number of benzene rings is 1. The van der Waals surface area contributed by atoms with Gasteiger partial charge in [-0.15, -0.1) is 11.3 Å². The number of halogens is 2. The van der Waals surface area contributed by atoms with Gasteiger partial charge in [0, 0.05) is 16.1 Å². The van der Waals surface area contributed by atoms with Crippen LogP contribution < -0.4 is 11.1 Å². The molecule has 1 amide bonds. The van der Waals surface area contributed by atoms with E-state index in [0.29, 0.717) is 16.5 Å². The maximum Gasteiger partial charge on any atom is 0.230 e. The SMILES string of the molecule is Nc1nc(CC(=O)Nc2cc(F)cc(Cl)c2)cs1. The Morgan fingerprint density at radius 2 is 2.28 bits per heavy atom. The van der Waals surface area contributed by atoms with Gasteiger partial charge >= 0.3 is 0 Å². The number of aromatic nitrogens is 1. The number of nitrogens with two attached hydrogens (primary N) is 1. The second kappa shape index (κ2) is 5.32. The Labute approximate surface area is 112 Å². The third-order valence-corrected chi connectivity index (χ3v) is 3.00. The van der Waals surface area contributed by atoms with Crippen LogP contribution in [-0.2, 0) is 11.2 Å². The van der Waals surface area contributed by atoms with E-state index in [9.17, 15) is 9.18 Å². The number of hydrogen-bond acceptors (Lipinski definition) is 4. The summed E-state index contributed by atoms with van der Waals surface area (Å²) in [5.41, 5.74) is 6.35. The molecule has 0 aliphatic carbocycles. The highest BCUT2D eigenvalue weighted by Gasteiger charge is 2.08. The zero-order chi connectivity index (χ0) is 13.1. The van der Waals surface area contributed by atoms with Gasteiger partial charge < -0.3 is 11.1 Å². The van der Waals surface area contributed by atoms with Crippen LogP contribution in [0.4, 0.5) is 15.2 Å². The first kappa shape index (κ1) is 12.8. The van der Waals surface area contributed by atoms with Gasteiger partial charge in [-0.05, 0) is 18.2 Å². The van der Waals surface area contributed by atoms with E-state index in [4.69, 9.17) is 17.3 Å². The fourth-order valence-electron chi connectivity index (χ4n) is 1.40. The summed E-state index contributed by atoms with van der Waals surface area (Å²) >= 11 is 6.94. The van der Waals surface area contributed by atoms with E-state index in [-0.39, 0.29) is 17.4 Å². The van der Waals surface area contributed by atoms with E-state index >= 15 is 0 Å². The maximum absolute atomic E-state index is 13.0. The quantitative estimate of drug-likeness (QED) is 0.911. The van der Waals surface area contributed by atoms with Crippen molar-refractivity contribution < 1.29 is 9.18 Å². The van der Waals surface area contributed by atoms with Crippen LogP contribution in [-0.4, -0.2) is 10.9 Å². The van der Waals surface area contributed by atoms with Crippen molar-refractivity contribution in [3.63, 3.8) is 0 Å². The zero-order valence-corrected chi connectivity index (χ0v) is 10.7. The van der Waals surface area contributed by atoms with Crippen molar-refractivity contribution >= 4 is 39.7 Å². The average Bonchev–Trinajstić information content (AvgIpc) is 2.61. The molecule has 94 valence electrons. The summed E-state index contributed by atoms with van der Waals surface area (Å²) in [4.78, 5) is 15.6. The first-order valence-corrected chi connectivity index (χ1v) is 6.24. The number of nitrogens with zero attached hydrogens (tertiary/aromatic N) is 1. The molecule has 1 aromatic carbocycles. The van der Waals surface area contributed by atoms with Crippen LogP contribution in [0.2, 0.25) is 5.02 Å². The zero-order valence-electron chi connectivity index (χ0n) is 9.11. The normalized spacial score (nSPS) is 10.3. The van der Waals surface area contributed by atoms with Crippen molar-refractivity contribution in [3.05, 3.63) is 40.1 Å². The third-order valence-electron chi connectivity index (χ3n) is 2.06. The summed E-state index contributed by atoms with van der Waals surface area (Å²) in [6, 6.07) is 3.83. The smallest absolute Gasteiger partial charge is 0.230 e. The van der Waals surface area contributed by atoms with Gasteiger partial charge in [0.1, 0.15) is 5.82 Å². The maximum atomic E-state index is 13.0. The molecule has 1 aromatic heterocycles. The molecule has 1 heterocycles. The lowest BCUT2D eigenvalue weighted by Crippen LogP contribution is -2.14. The molecular weight excluding hydrogens is 277 g/mol. The van der Waals surface area contributed by atoms with E-state index in [1.807, 2.05) is 0 Å². The molecule has 4 nitrogen and oxygen atoms in total. The average molecular weight is 286 g/mol. The number of rotatable bonds is 3. The van der Waals surface area contributed by atoms with Crippen LogP contribution in [0.3, 0.4) is 0 Å². The molecule has 0 saturated heterocycles. The van der Waals surface area contributed by atoms with Crippen LogP contribution in [0.15, 0.2) is 23.6 Å². The molecule has 0 fully saturated rings. The molecule has 2 rings (SSSR count). The fraction of sp³-hybridized carbons (Fsp3) is 0.0909. The minimum absolute atomic E-state index is 0.0852. The monoisotopic (exact) mass is 285 g/mol. The molecule has 3 N–H and O–H groups in total. The van der Waals surface area contributed by atoms with Gasteiger partial charge in [0.25, 0.3) is 0 Å². The number of carbonyl (C=O) groups excluding carboxylic acids is 1. The van der Waals surface area contributed by atoms with Crippen molar-refractivity contribution in [1.29, 1.82) is 0 Å². The van der Waals surface area contributed by atoms with Crippen molar-refractivity contribution in [3.8, 4) is 0 Å². The lowest BCUT2D eigenvalue weighted by Gasteiger charge is -2.04. The van der Waals surface area contributed by atoms with Crippen LogP contribution in [0.25, 0.3) is 0 Å². The van der Waals surface area contributed by atoms with E-state index < -0.39 is 5.82 Å². The van der Waals surface area contributed by atoms with Gasteiger partial charge in [0.05, 0.1) is 12.1 Å². The lowest BCUT2D eigenvalue weighted by atomic mass is 10.2. The molecular formula is C11H9ClFN3OS. The Kier molecular flexibility index (Phi) is 3.78. The highest BCUT2D eigenvalue weighted by Crippen LogP contribution is 2.18. The molecule has 0 aliphatic heterocycles. The fourth-order valence-corrected chi connectivity index (χ4v) is 2.18. The van der Waals surface area contributed by atoms with Gasteiger partial charge in [0.2, 0.25) is 5.91 Å². The van der Waals surface area contributed by atoms with E-state index in [1.54, 1.807) is 5.38 Å². The van der Waals surface area contributed by atoms with Gasteiger partial charge in [0.15, 0.2) is 5.13 Å². The summed E-state index contributed by atoms with van der Waals surface area (Å²) in [5.74, 6) is -0.808. The Hall–Kier alpha value is -1.66. The molecule has 0 unspecified atom stereocenters. The summed E-state index contributed by atoms with van der Waals surface area (Å²) in [7, 11) is 0. The minimum Gasteiger partial charge on any atom is -0.375 e. The van der Waals surface area contributed by atoms with Crippen LogP contribution in [0.5, 0.6) is 0 Å². The molecule has 0 atom stereocenters. The predicted octanol–water partition coefficient (Wildman–Crippen LogP) is 2.70. The molecule has 0 spiro atoms. The molecule has 0 radical (unpaired) electrons. The minimum atomic E-state index is -0.504. The number of nitrogens with one attached hydrogen (secondary N) is 1. The molecule has 0 bridgehead atoms. The molecule has 0 aliphatic rings. The Morgan fingerprint density at radius 3 is 2.89 bits per heavy atom. The van der Waals surface area contributed by atoms with E-state index in [0.717, 1.165) is 0 Å². The standard InChI is InChI=1S/C11H9ClFN3OS/c12-6-1-7(13)3-8(2-6)15-10(17)4-9-5-18-11(14)16-9/h1-3,5H,4H2,(H2,14,16)(H,15,17). The largest absolute Gasteiger partial charge is 0.375 e. The highest BCUT2D eigenvalue weighted by molar-refractivity contribution is 7.13. The Morgan fingerprint density at radius 1 is 1.50 bits per heavy atom. The first-order chi connectivity index (χ1) is 8.52. The number of thiazole rings is 1. The third kappa shape index (κ3) is 3.41. The second-order valence-electron chi connectivity index (χ2n) is 3.56. The van der Waals surface area contributed by atoms with Crippen molar-refractivity contribution in [2.45, 2.75) is 6.42 Å². The second-order valence-corrected chi connectivity index (χ2v) is 4.89. The van der Waals surface area contributed by atoms with Gasteiger partial charge in [-0.25, -0.2) is 9.37 Å². The number of anilines is 2. The molecule has 18 heavy (non-hydrogen) atoms. The van der Waals surface area contributed by atoms with Crippen molar-refractivity contribution in [1.82, 2.24) is 4.98 Å². The van der Waals surface area contributed by atoms with Gasteiger partial charge in [-0.3, -0.25) is 4.79 Å². The Bertz CT molecular complexity index is 567. The van der Waals surface area contributed by atoms with Crippen LogP contribution in [0, 0.1) is 5.82 Å². The summed E-state index contributed by atoms with van der Waals surface area (Å²) in [5, 5.41) is 4.88. The number of carbonyl (C=O) groups is 1. The summed E-state index contributed by atoms with van der Waals surface area (Å²) in [6.45, 7) is 0. The summed E-state index contributed by atoms with van der Waals surface area (Å²) in [6.07, 6.45) is 0.0852. The number of amides is 1. The molecule has 2 aromatic rings. The molecule has 0 saturated carbocycles. The number of nitrogen functional groups attached to an aromatic ring is 1. The summed E-state index contributed by atoms with van der Waals surface area (Å²) < 4.78 is 13.0. The van der Waals surface area contributed by atoms with Crippen molar-refractivity contribution in [2.24, 2.45) is 0 Å². The van der Waals surface area contributed by atoms with Crippen molar-refractivity contribution in [2.75, 3.05) is 11.1 Å². The van der Waals surface area contributed by atoms with Gasteiger partial charge in [-0.2, -0.15) is 0 Å². The van der Waals surface area contributed by atoms with Crippen LogP contribution in [0.1, 0.15) is 5.69 Å². The van der Waals surface area contributed by atoms with Crippen LogP contribution >= 0.6 is 22.9 Å². The lowest BCUT2D eigenvalue weighted by molar-refractivity contribution is -0.115. The molecule has 7 heteroatoms. The Balaban J connectivity index is 2.02. The number of hydrogen-bond donors (Lipinski definition) is 2. The first-order valence-electron chi connectivity index (χ1n) is 4.99.